The van der Waals surface area contributed by atoms with E-state index in [1.54, 1.807) is 0 Å². The number of amides is 2. The summed E-state index contributed by atoms with van der Waals surface area (Å²) < 4.78 is 18.3. The molecule has 0 bridgehead atoms. The van der Waals surface area contributed by atoms with Crippen molar-refractivity contribution in [2.45, 2.75) is 32.1 Å². The van der Waals surface area contributed by atoms with Crippen LogP contribution in [0.1, 0.15) is 48.0 Å². The second-order valence-electron chi connectivity index (χ2n) is 8.17. The summed E-state index contributed by atoms with van der Waals surface area (Å²) in [6.07, 6.45) is 1.44. The van der Waals surface area contributed by atoms with E-state index in [0.717, 1.165) is 12.8 Å². The molecule has 4 rings (SSSR count). The summed E-state index contributed by atoms with van der Waals surface area (Å²) >= 11 is 0. The van der Waals surface area contributed by atoms with E-state index in [1.807, 2.05) is 6.92 Å². The van der Waals surface area contributed by atoms with Crippen molar-refractivity contribution in [3.63, 3.8) is 0 Å². The summed E-state index contributed by atoms with van der Waals surface area (Å²) in [5.41, 5.74) is 0.612. The summed E-state index contributed by atoms with van der Waals surface area (Å²) in [5.74, 6) is -3.02. The van der Waals surface area contributed by atoms with Crippen molar-refractivity contribution in [1.29, 1.82) is 0 Å². The minimum Gasteiger partial charge on any atom is -0.462 e. The van der Waals surface area contributed by atoms with E-state index in [1.165, 1.54) is 48.5 Å². The van der Waals surface area contributed by atoms with Gasteiger partial charge in [0, 0.05) is 17.8 Å². The number of aromatic nitrogens is 2. The Morgan fingerprint density at radius 3 is 2.47 bits per heavy atom. The van der Waals surface area contributed by atoms with E-state index in [4.69, 9.17) is 4.74 Å². The predicted octanol–water partition coefficient (Wildman–Crippen LogP) is 3.67. The number of halogens is 1. The molecule has 0 saturated carbocycles. The smallest absolute Gasteiger partial charge is 0.338 e. The number of nitrogens with one attached hydrogen (secondary N) is 4. The molecule has 0 radical (unpaired) electrons. The number of unbranched alkanes of at least 4 members (excludes halogenated alkanes) is 1. The molecule has 11 heteroatoms. The summed E-state index contributed by atoms with van der Waals surface area (Å²) in [5, 5.41) is 8.03. The molecule has 0 saturated heterocycles. The van der Waals surface area contributed by atoms with Crippen LogP contribution in [0, 0.1) is 5.82 Å². The third-order valence-corrected chi connectivity index (χ3v) is 5.49. The zero-order chi connectivity index (χ0) is 25.7. The van der Waals surface area contributed by atoms with E-state index in [9.17, 15) is 23.6 Å². The van der Waals surface area contributed by atoms with Crippen LogP contribution in [0.15, 0.2) is 53.3 Å². The molecule has 2 amide bonds. The largest absolute Gasteiger partial charge is 0.462 e. The average Bonchev–Trinajstić information content (AvgIpc) is 2.85. The van der Waals surface area contributed by atoms with Crippen LogP contribution in [0.2, 0.25) is 0 Å². The van der Waals surface area contributed by atoms with Crippen LogP contribution in [-0.4, -0.2) is 34.4 Å². The number of fused-ring (bicyclic) bond motifs is 1. The number of rotatable bonds is 8. The number of carbonyl (C=O) groups excluding carboxylic acids is 3. The fourth-order valence-electron chi connectivity index (χ4n) is 3.64. The molecule has 1 unspecified atom stereocenters. The molecule has 1 aliphatic rings. The molecule has 0 aliphatic carbocycles. The molecule has 2 heterocycles. The van der Waals surface area contributed by atoms with Gasteiger partial charge in [-0.25, -0.2) is 9.18 Å². The van der Waals surface area contributed by atoms with E-state index in [-0.39, 0.29) is 23.8 Å². The molecular formula is C25H24FN5O5. The number of hydrogen-bond donors (Lipinski definition) is 4. The van der Waals surface area contributed by atoms with E-state index < -0.39 is 35.1 Å². The topological polar surface area (TPSA) is 142 Å². The first-order chi connectivity index (χ1) is 17.3. The Bertz CT molecular complexity index is 1340. The lowest BCUT2D eigenvalue weighted by molar-refractivity contribution is -0.123. The second-order valence-corrected chi connectivity index (χ2v) is 8.17. The highest BCUT2D eigenvalue weighted by atomic mass is 19.1. The van der Waals surface area contributed by atoms with Crippen LogP contribution in [0.4, 0.5) is 27.5 Å². The number of hydrogen-bond acceptors (Lipinski definition) is 7. The zero-order valence-corrected chi connectivity index (χ0v) is 19.4. The minimum absolute atomic E-state index is 0.0212. The number of aromatic amines is 1. The van der Waals surface area contributed by atoms with Crippen LogP contribution in [-0.2, 0) is 14.3 Å². The van der Waals surface area contributed by atoms with Crippen LogP contribution in [0.5, 0.6) is 0 Å². The number of nitrogens with zero attached hydrogens (tertiary/aromatic N) is 1. The molecule has 4 N–H and O–H groups in total. The average molecular weight is 493 g/mol. The number of H-pyrrole nitrogens is 1. The Labute approximate surface area is 205 Å². The summed E-state index contributed by atoms with van der Waals surface area (Å²) in [6, 6.07) is 11.5. The Balaban J connectivity index is 1.50. The Morgan fingerprint density at radius 2 is 1.78 bits per heavy atom. The van der Waals surface area contributed by atoms with E-state index in [0.29, 0.717) is 23.5 Å². The lowest BCUT2D eigenvalue weighted by atomic mass is 9.92. The van der Waals surface area contributed by atoms with Crippen LogP contribution in [0.3, 0.4) is 0 Å². The summed E-state index contributed by atoms with van der Waals surface area (Å²) in [6.45, 7) is 2.33. The Kier molecular flexibility index (Phi) is 7.38. The maximum absolute atomic E-state index is 13.1. The maximum Gasteiger partial charge on any atom is 0.338 e. The highest BCUT2D eigenvalue weighted by Crippen LogP contribution is 2.30. The molecule has 36 heavy (non-hydrogen) atoms. The van der Waals surface area contributed by atoms with Gasteiger partial charge in [0.25, 0.3) is 5.56 Å². The lowest BCUT2D eigenvalue weighted by Crippen LogP contribution is -2.36. The van der Waals surface area contributed by atoms with Gasteiger partial charge in [0.15, 0.2) is 0 Å². The van der Waals surface area contributed by atoms with E-state index >= 15 is 0 Å². The van der Waals surface area contributed by atoms with Crippen molar-refractivity contribution in [2.75, 3.05) is 22.6 Å². The van der Waals surface area contributed by atoms with Gasteiger partial charge < -0.3 is 20.7 Å². The Hall–Kier alpha value is -4.54. The molecule has 0 fully saturated rings. The van der Waals surface area contributed by atoms with Gasteiger partial charge in [-0.05, 0) is 55.0 Å². The molecule has 3 aromatic rings. The fraction of sp³-hybridized carbons (Fsp3) is 0.240. The zero-order valence-electron chi connectivity index (χ0n) is 19.4. The third kappa shape index (κ3) is 5.74. The van der Waals surface area contributed by atoms with Crippen molar-refractivity contribution < 1.29 is 23.5 Å². The van der Waals surface area contributed by atoms with Crippen LogP contribution in [0.25, 0.3) is 0 Å². The van der Waals surface area contributed by atoms with Crippen LogP contribution >= 0.6 is 0 Å². The number of ether oxygens (including phenoxy) is 1. The molecule has 10 nitrogen and oxygen atoms in total. The van der Waals surface area contributed by atoms with Gasteiger partial charge >= 0.3 is 5.97 Å². The molecule has 1 aliphatic heterocycles. The van der Waals surface area contributed by atoms with E-state index in [2.05, 4.69) is 25.9 Å². The number of esters is 1. The third-order valence-electron chi connectivity index (χ3n) is 5.49. The maximum atomic E-state index is 13.1. The first-order valence-corrected chi connectivity index (χ1v) is 11.4. The predicted molar refractivity (Wildman–Crippen MR) is 131 cm³/mol. The highest BCUT2D eigenvalue weighted by Gasteiger charge is 2.34. The van der Waals surface area contributed by atoms with Gasteiger partial charge in [-0.15, -0.1) is 0 Å². The van der Waals surface area contributed by atoms with Crippen molar-refractivity contribution in [1.82, 2.24) is 9.97 Å². The first-order valence-electron chi connectivity index (χ1n) is 11.4. The Morgan fingerprint density at radius 1 is 1.08 bits per heavy atom. The number of carbonyl (C=O) groups is 3. The van der Waals surface area contributed by atoms with Gasteiger partial charge in [0.1, 0.15) is 11.6 Å². The highest BCUT2D eigenvalue weighted by molar-refractivity contribution is 6.04. The van der Waals surface area contributed by atoms with Gasteiger partial charge in [-0.3, -0.25) is 19.4 Å². The van der Waals surface area contributed by atoms with Gasteiger partial charge in [-0.2, -0.15) is 4.98 Å². The van der Waals surface area contributed by atoms with Gasteiger partial charge in [-0.1, -0.05) is 13.3 Å². The fourth-order valence-corrected chi connectivity index (χ4v) is 3.64. The normalized spacial score (nSPS) is 14.4. The molecule has 0 spiro atoms. The second kappa shape index (κ2) is 10.8. The monoisotopic (exact) mass is 493 g/mol. The standard InChI is InChI=1S/C25H24FN5O5/c1-2-3-12-36-24(35)14-4-8-16(9-5-14)27-22(33)18-13-19(32)29-21-20(18)23(34)31-25(30-21)28-17-10-6-15(26)7-11-17/h4-11,18H,2-3,12-13H2,1H3,(H,27,33)(H3,28,29,30,31,32,34). The van der Waals surface area contributed by atoms with Crippen molar-refractivity contribution >= 4 is 40.9 Å². The molecule has 1 aromatic heterocycles. The quantitative estimate of drug-likeness (QED) is 0.277. The van der Waals surface area contributed by atoms with Crippen LogP contribution < -0.4 is 21.5 Å². The summed E-state index contributed by atoms with van der Waals surface area (Å²) in [7, 11) is 0. The number of anilines is 4. The first kappa shape index (κ1) is 24.6. The SMILES string of the molecule is CCCCOC(=O)c1ccc(NC(=O)C2CC(=O)Nc3nc(Nc4ccc(F)cc4)[nH]c(=O)c32)cc1. The lowest BCUT2D eigenvalue weighted by Gasteiger charge is -2.23. The summed E-state index contributed by atoms with van der Waals surface area (Å²) in [4.78, 5) is 57.0. The molecule has 186 valence electrons. The minimum atomic E-state index is -1.08. The van der Waals surface area contributed by atoms with Crippen molar-refractivity contribution in [3.8, 4) is 0 Å². The van der Waals surface area contributed by atoms with Crippen molar-refractivity contribution in [3.05, 3.63) is 75.8 Å². The van der Waals surface area contributed by atoms with Gasteiger partial charge in [0.05, 0.1) is 23.7 Å². The molecule has 2 aromatic carbocycles. The number of benzene rings is 2. The van der Waals surface area contributed by atoms with Gasteiger partial charge in [0.2, 0.25) is 17.8 Å². The molecule has 1 atom stereocenters. The molecular weight excluding hydrogens is 469 g/mol. The van der Waals surface area contributed by atoms with Crippen molar-refractivity contribution in [2.24, 2.45) is 0 Å².